The lowest BCUT2D eigenvalue weighted by molar-refractivity contribution is -0.138. The van der Waals surface area contributed by atoms with E-state index < -0.39 is 35.4 Å². The van der Waals surface area contributed by atoms with Gasteiger partial charge < -0.3 is 14.4 Å². The van der Waals surface area contributed by atoms with Crippen molar-refractivity contribution >= 4 is 11.9 Å². The molecule has 9 heteroatoms. The van der Waals surface area contributed by atoms with E-state index in [1.54, 1.807) is 12.1 Å². The van der Waals surface area contributed by atoms with Crippen molar-refractivity contribution < 1.29 is 36.6 Å². The van der Waals surface area contributed by atoms with Crippen molar-refractivity contribution in [2.75, 3.05) is 14.2 Å². The van der Waals surface area contributed by atoms with E-state index in [1.807, 2.05) is 0 Å². The van der Waals surface area contributed by atoms with Crippen molar-refractivity contribution in [2.24, 2.45) is 0 Å². The van der Waals surface area contributed by atoms with Crippen molar-refractivity contribution in [2.45, 2.75) is 18.6 Å². The number of esters is 2. The molecular weight excluding hydrogens is 430 g/mol. The first-order chi connectivity index (χ1) is 15.1. The number of ether oxygens (including phenoxy) is 2. The summed E-state index contributed by atoms with van der Waals surface area (Å²) in [6, 6.07) is 9.82. The third-order valence-electron chi connectivity index (χ3n) is 4.92. The van der Waals surface area contributed by atoms with Crippen LogP contribution in [0.2, 0.25) is 0 Å². The summed E-state index contributed by atoms with van der Waals surface area (Å²) < 4.78 is 61.8. The van der Waals surface area contributed by atoms with Gasteiger partial charge in [-0.2, -0.15) is 13.2 Å². The lowest BCUT2D eigenvalue weighted by Crippen LogP contribution is -2.28. The van der Waals surface area contributed by atoms with Crippen LogP contribution in [0.1, 0.15) is 22.6 Å². The summed E-state index contributed by atoms with van der Waals surface area (Å²) in [7, 11) is 2.32. The van der Waals surface area contributed by atoms with Crippen molar-refractivity contribution in [3.05, 3.63) is 94.6 Å². The summed E-state index contributed by atoms with van der Waals surface area (Å²) in [5.74, 6) is -2.92. The minimum Gasteiger partial charge on any atom is -0.466 e. The standard InChI is InChI=1S/C23H19F4NO4/c1-31-21(29)18-12-28(11-14-3-9-17(24)10-4-14)13-19(22(30)32-2)20(18)15-5-7-16(8-6-15)23(25,26)27/h3-10,12-13,20H,11H2,1-2H3. The van der Waals surface area contributed by atoms with E-state index in [-0.39, 0.29) is 23.3 Å². The molecule has 3 rings (SSSR count). The summed E-state index contributed by atoms with van der Waals surface area (Å²) in [5.41, 5.74) is 0.199. The third-order valence-corrected chi connectivity index (χ3v) is 4.92. The number of nitrogens with zero attached hydrogens (tertiary/aromatic N) is 1. The van der Waals surface area contributed by atoms with Gasteiger partial charge in [-0.1, -0.05) is 24.3 Å². The zero-order valence-electron chi connectivity index (χ0n) is 17.2. The van der Waals surface area contributed by atoms with E-state index in [0.29, 0.717) is 5.56 Å². The van der Waals surface area contributed by atoms with Crippen LogP contribution < -0.4 is 0 Å². The summed E-state index contributed by atoms with van der Waals surface area (Å²) in [6.45, 7) is 0.195. The molecule has 0 amide bonds. The Balaban J connectivity index is 2.05. The molecule has 0 N–H and O–H groups in total. The van der Waals surface area contributed by atoms with Crippen LogP contribution in [0.15, 0.2) is 72.1 Å². The summed E-state index contributed by atoms with van der Waals surface area (Å²) >= 11 is 0. The maximum Gasteiger partial charge on any atom is 0.416 e. The Morgan fingerprint density at radius 1 is 0.875 bits per heavy atom. The van der Waals surface area contributed by atoms with E-state index in [0.717, 1.165) is 26.4 Å². The molecule has 0 saturated heterocycles. The van der Waals surface area contributed by atoms with E-state index in [2.05, 4.69) is 0 Å². The molecule has 0 aliphatic carbocycles. The van der Waals surface area contributed by atoms with Gasteiger partial charge in [0.15, 0.2) is 0 Å². The van der Waals surface area contributed by atoms with Gasteiger partial charge in [-0.15, -0.1) is 0 Å². The molecule has 0 fully saturated rings. The highest BCUT2D eigenvalue weighted by Crippen LogP contribution is 2.39. The van der Waals surface area contributed by atoms with Crippen LogP contribution >= 0.6 is 0 Å². The van der Waals surface area contributed by atoms with E-state index in [4.69, 9.17) is 9.47 Å². The fraction of sp³-hybridized carbons (Fsp3) is 0.217. The van der Waals surface area contributed by atoms with Gasteiger partial charge in [0.2, 0.25) is 0 Å². The Morgan fingerprint density at radius 3 is 1.81 bits per heavy atom. The Morgan fingerprint density at radius 2 is 1.38 bits per heavy atom. The fourth-order valence-corrected chi connectivity index (χ4v) is 3.40. The molecule has 32 heavy (non-hydrogen) atoms. The lowest BCUT2D eigenvalue weighted by atomic mass is 9.83. The number of hydrogen-bond donors (Lipinski definition) is 0. The molecule has 0 unspecified atom stereocenters. The zero-order valence-corrected chi connectivity index (χ0v) is 17.2. The van der Waals surface area contributed by atoms with E-state index in [1.165, 1.54) is 41.6 Å². The minimum absolute atomic E-state index is 0.0391. The molecule has 1 aliphatic rings. The number of carbonyl (C=O) groups excluding carboxylic acids is 2. The molecule has 0 aromatic heterocycles. The molecule has 0 radical (unpaired) electrons. The molecule has 168 valence electrons. The number of alkyl halides is 3. The molecule has 5 nitrogen and oxygen atoms in total. The topological polar surface area (TPSA) is 55.8 Å². The lowest BCUT2D eigenvalue weighted by Gasteiger charge is -2.30. The first-order valence-electron chi connectivity index (χ1n) is 9.41. The molecule has 0 saturated carbocycles. The van der Waals surface area contributed by atoms with Gasteiger partial charge in [0, 0.05) is 18.9 Å². The zero-order chi connectivity index (χ0) is 23.5. The van der Waals surface area contributed by atoms with Crippen LogP contribution in [0.3, 0.4) is 0 Å². The largest absolute Gasteiger partial charge is 0.466 e. The van der Waals surface area contributed by atoms with Crippen LogP contribution in [0.25, 0.3) is 0 Å². The molecule has 2 aromatic carbocycles. The monoisotopic (exact) mass is 449 g/mol. The Kier molecular flexibility index (Phi) is 6.67. The van der Waals surface area contributed by atoms with Crippen LogP contribution in [0, 0.1) is 5.82 Å². The molecule has 1 heterocycles. The molecular formula is C23H19F4NO4. The third kappa shape index (κ3) is 4.99. The number of hydrogen-bond acceptors (Lipinski definition) is 5. The van der Waals surface area contributed by atoms with Gasteiger partial charge in [0.1, 0.15) is 5.82 Å². The van der Waals surface area contributed by atoms with Crippen molar-refractivity contribution in [3.8, 4) is 0 Å². The summed E-state index contributed by atoms with van der Waals surface area (Å²) in [6.07, 6.45) is -1.63. The Hall–Kier alpha value is -3.62. The predicted molar refractivity (Wildman–Crippen MR) is 106 cm³/mol. The quantitative estimate of drug-likeness (QED) is 0.495. The van der Waals surface area contributed by atoms with Crippen molar-refractivity contribution in [1.82, 2.24) is 4.90 Å². The predicted octanol–water partition coefficient (Wildman–Crippen LogP) is 4.56. The minimum atomic E-state index is -4.53. The Bertz CT molecular complexity index is 1020. The molecule has 1 aliphatic heterocycles. The maximum absolute atomic E-state index is 13.2. The number of benzene rings is 2. The van der Waals surface area contributed by atoms with Crippen molar-refractivity contribution in [1.29, 1.82) is 0 Å². The van der Waals surface area contributed by atoms with Gasteiger partial charge >= 0.3 is 18.1 Å². The number of rotatable bonds is 5. The first kappa shape index (κ1) is 23.1. The smallest absolute Gasteiger partial charge is 0.416 e. The van der Waals surface area contributed by atoms with Gasteiger partial charge in [0.05, 0.1) is 36.8 Å². The average Bonchev–Trinajstić information content (AvgIpc) is 2.78. The van der Waals surface area contributed by atoms with Gasteiger partial charge in [-0.05, 0) is 35.4 Å². The first-order valence-corrected chi connectivity index (χ1v) is 9.41. The average molecular weight is 449 g/mol. The van der Waals surface area contributed by atoms with E-state index >= 15 is 0 Å². The van der Waals surface area contributed by atoms with Gasteiger partial charge in [-0.25, -0.2) is 14.0 Å². The highest BCUT2D eigenvalue weighted by molar-refractivity contribution is 5.98. The van der Waals surface area contributed by atoms with Crippen LogP contribution in [0.4, 0.5) is 17.6 Å². The highest BCUT2D eigenvalue weighted by Gasteiger charge is 2.36. The second kappa shape index (κ2) is 9.25. The van der Waals surface area contributed by atoms with Crippen LogP contribution in [0.5, 0.6) is 0 Å². The van der Waals surface area contributed by atoms with Gasteiger partial charge in [-0.3, -0.25) is 0 Å². The molecule has 2 aromatic rings. The van der Waals surface area contributed by atoms with E-state index in [9.17, 15) is 27.2 Å². The maximum atomic E-state index is 13.2. The molecule has 0 spiro atoms. The number of methoxy groups -OCH3 is 2. The number of carbonyl (C=O) groups is 2. The second-order valence-electron chi connectivity index (χ2n) is 7.00. The Labute approximate surface area is 181 Å². The number of halogens is 4. The summed E-state index contributed by atoms with van der Waals surface area (Å²) in [5, 5.41) is 0. The van der Waals surface area contributed by atoms with Gasteiger partial charge in [0.25, 0.3) is 0 Å². The summed E-state index contributed by atoms with van der Waals surface area (Å²) in [4.78, 5) is 26.6. The second-order valence-corrected chi connectivity index (χ2v) is 7.00. The highest BCUT2D eigenvalue weighted by atomic mass is 19.4. The fourth-order valence-electron chi connectivity index (χ4n) is 3.40. The van der Waals surface area contributed by atoms with Crippen molar-refractivity contribution in [3.63, 3.8) is 0 Å². The molecule has 0 bridgehead atoms. The van der Waals surface area contributed by atoms with Crippen LogP contribution in [-0.4, -0.2) is 31.1 Å². The SMILES string of the molecule is COC(=O)C1=CN(Cc2ccc(F)cc2)C=C(C(=O)OC)C1c1ccc(C(F)(F)F)cc1. The normalized spacial score (nSPS) is 14.5. The molecule has 0 atom stereocenters. The van der Waals surface area contributed by atoms with Crippen LogP contribution in [-0.2, 0) is 31.8 Å².